The molecule has 0 aromatic heterocycles. The molecule has 0 aliphatic carbocycles. The van der Waals surface area contributed by atoms with Gasteiger partial charge < -0.3 is 9.47 Å². The molecule has 2 rings (SSSR count). The number of nitrogens with zero attached hydrogens (tertiary/aromatic N) is 1. The van der Waals surface area contributed by atoms with Gasteiger partial charge in [-0.25, -0.2) is 4.39 Å². The first kappa shape index (κ1) is 14.4. The number of benzene rings is 2. The summed E-state index contributed by atoms with van der Waals surface area (Å²) in [7, 11) is 0. The topological polar surface area (TPSA) is 42.2 Å². The third kappa shape index (κ3) is 3.97. The third-order valence-corrected chi connectivity index (χ3v) is 3.02. The summed E-state index contributed by atoms with van der Waals surface area (Å²) in [6.07, 6.45) is 0. The van der Waals surface area contributed by atoms with Gasteiger partial charge in [0, 0.05) is 10.5 Å². The van der Waals surface area contributed by atoms with Crippen molar-refractivity contribution in [2.24, 2.45) is 0 Å². The number of hydrogen-bond acceptors (Lipinski definition) is 3. The van der Waals surface area contributed by atoms with Crippen molar-refractivity contribution < 1.29 is 13.9 Å². The summed E-state index contributed by atoms with van der Waals surface area (Å²) in [5.74, 6) is 0.530. The van der Waals surface area contributed by atoms with Crippen LogP contribution in [-0.2, 0) is 0 Å². The molecule has 3 nitrogen and oxygen atoms in total. The largest absolute Gasteiger partial charge is 0.490 e. The van der Waals surface area contributed by atoms with Crippen molar-refractivity contribution in [3.8, 4) is 17.6 Å². The van der Waals surface area contributed by atoms with Crippen molar-refractivity contribution in [2.75, 3.05) is 13.2 Å². The van der Waals surface area contributed by atoms with Gasteiger partial charge in [-0.15, -0.1) is 0 Å². The van der Waals surface area contributed by atoms with Crippen LogP contribution in [0.5, 0.6) is 11.5 Å². The molecule has 0 amide bonds. The van der Waals surface area contributed by atoms with Crippen molar-refractivity contribution in [2.45, 2.75) is 0 Å². The minimum atomic E-state index is -0.584. The Balaban J connectivity index is 1.80. The Morgan fingerprint density at radius 2 is 1.60 bits per heavy atom. The van der Waals surface area contributed by atoms with E-state index in [9.17, 15) is 4.39 Å². The molecule has 2 aromatic carbocycles. The summed E-state index contributed by atoms with van der Waals surface area (Å²) in [6, 6.07) is 13.3. The average Bonchev–Trinajstić information content (AvgIpc) is 2.46. The molecule has 0 aliphatic rings. The van der Waals surface area contributed by atoms with Crippen molar-refractivity contribution in [1.29, 1.82) is 5.26 Å². The third-order valence-electron chi connectivity index (χ3n) is 2.50. The van der Waals surface area contributed by atoms with Crippen LogP contribution in [0.15, 0.2) is 46.9 Å². The predicted molar refractivity (Wildman–Crippen MR) is 76.2 cm³/mol. The maximum Gasteiger partial charge on any atom is 0.144 e. The Kier molecular flexibility index (Phi) is 4.97. The van der Waals surface area contributed by atoms with Crippen LogP contribution >= 0.6 is 15.9 Å². The van der Waals surface area contributed by atoms with E-state index in [1.807, 2.05) is 24.3 Å². The zero-order valence-corrected chi connectivity index (χ0v) is 12.1. The highest BCUT2D eigenvalue weighted by molar-refractivity contribution is 9.10. The lowest BCUT2D eigenvalue weighted by molar-refractivity contribution is 0.216. The number of ether oxygens (including phenoxy) is 2. The van der Waals surface area contributed by atoms with Gasteiger partial charge in [-0.2, -0.15) is 5.26 Å². The van der Waals surface area contributed by atoms with Crippen molar-refractivity contribution in [1.82, 2.24) is 0 Å². The van der Waals surface area contributed by atoms with E-state index >= 15 is 0 Å². The van der Waals surface area contributed by atoms with Gasteiger partial charge in [0.2, 0.25) is 0 Å². The second-order valence-corrected chi connectivity index (χ2v) is 4.82. The van der Waals surface area contributed by atoms with Gasteiger partial charge in [0.15, 0.2) is 0 Å². The van der Waals surface area contributed by atoms with Crippen LogP contribution in [0.25, 0.3) is 0 Å². The fourth-order valence-corrected chi connectivity index (χ4v) is 1.79. The molecule has 0 atom stereocenters. The highest BCUT2D eigenvalue weighted by Crippen LogP contribution is 2.17. The van der Waals surface area contributed by atoms with Crippen molar-refractivity contribution in [3.63, 3.8) is 0 Å². The van der Waals surface area contributed by atoms with E-state index in [0.29, 0.717) is 19.0 Å². The molecule has 0 aliphatic heterocycles. The molecule has 20 heavy (non-hydrogen) atoms. The van der Waals surface area contributed by atoms with Crippen LogP contribution in [0, 0.1) is 17.1 Å². The second-order valence-electron chi connectivity index (χ2n) is 3.90. The molecule has 5 heteroatoms. The molecule has 0 radical (unpaired) electrons. The summed E-state index contributed by atoms with van der Waals surface area (Å²) in [5, 5.41) is 8.61. The lowest BCUT2D eigenvalue weighted by atomic mass is 10.2. The molecule has 0 bridgehead atoms. The second kappa shape index (κ2) is 6.92. The SMILES string of the molecule is N#Cc1ccc(OCCOc2ccc(Br)cc2)cc1F. The van der Waals surface area contributed by atoms with E-state index in [4.69, 9.17) is 14.7 Å². The lowest BCUT2D eigenvalue weighted by Crippen LogP contribution is -2.09. The first-order valence-electron chi connectivity index (χ1n) is 5.90. The standard InChI is InChI=1S/C15H11BrFNO2/c16-12-2-5-13(6-3-12)19-7-8-20-14-4-1-11(10-18)15(17)9-14/h1-6,9H,7-8H2. The summed E-state index contributed by atoms with van der Waals surface area (Å²) in [4.78, 5) is 0. The highest BCUT2D eigenvalue weighted by Gasteiger charge is 2.03. The van der Waals surface area contributed by atoms with Crippen LogP contribution in [0.4, 0.5) is 4.39 Å². The van der Waals surface area contributed by atoms with Gasteiger partial charge in [0.1, 0.15) is 36.6 Å². The van der Waals surface area contributed by atoms with Gasteiger partial charge >= 0.3 is 0 Å². The fraction of sp³-hybridized carbons (Fsp3) is 0.133. The Labute approximate surface area is 124 Å². The van der Waals surface area contributed by atoms with E-state index < -0.39 is 5.82 Å². The molecule has 102 valence electrons. The maximum absolute atomic E-state index is 13.3. The van der Waals surface area contributed by atoms with Gasteiger partial charge in [-0.1, -0.05) is 15.9 Å². The van der Waals surface area contributed by atoms with E-state index in [1.165, 1.54) is 12.1 Å². The zero-order valence-electron chi connectivity index (χ0n) is 10.5. The molecule has 0 N–H and O–H groups in total. The minimum absolute atomic E-state index is 0.00321. The monoisotopic (exact) mass is 335 g/mol. The summed E-state index contributed by atoms with van der Waals surface area (Å²) in [6.45, 7) is 0.644. The highest BCUT2D eigenvalue weighted by atomic mass is 79.9. The quantitative estimate of drug-likeness (QED) is 0.778. The zero-order chi connectivity index (χ0) is 14.4. The summed E-state index contributed by atoms with van der Waals surface area (Å²) in [5.41, 5.74) is 0.00321. The maximum atomic E-state index is 13.3. The van der Waals surface area contributed by atoms with Crippen LogP contribution < -0.4 is 9.47 Å². The Morgan fingerprint density at radius 3 is 2.20 bits per heavy atom. The fourth-order valence-electron chi connectivity index (χ4n) is 1.53. The molecule has 0 saturated heterocycles. The first-order valence-corrected chi connectivity index (χ1v) is 6.69. The van der Waals surface area contributed by atoms with E-state index in [2.05, 4.69) is 15.9 Å². The number of rotatable bonds is 5. The molecule has 0 fully saturated rings. The van der Waals surface area contributed by atoms with Crippen LogP contribution in [0.2, 0.25) is 0 Å². The molecule has 0 heterocycles. The molecule has 0 saturated carbocycles. The number of halogens is 2. The van der Waals surface area contributed by atoms with Gasteiger partial charge in [0.25, 0.3) is 0 Å². The first-order chi connectivity index (χ1) is 9.69. The lowest BCUT2D eigenvalue weighted by Gasteiger charge is -2.08. The summed E-state index contributed by atoms with van der Waals surface area (Å²) < 4.78 is 25.1. The average molecular weight is 336 g/mol. The van der Waals surface area contributed by atoms with Crippen LogP contribution in [0.1, 0.15) is 5.56 Å². The number of hydrogen-bond donors (Lipinski definition) is 0. The van der Waals surface area contributed by atoms with E-state index in [1.54, 1.807) is 12.1 Å². The molecular weight excluding hydrogens is 325 g/mol. The van der Waals surface area contributed by atoms with Crippen molar-refractivity contribution >= 4 is 15.9 Å². The molecular formula is C15H11BrFNO2. The van der Waals surface area contributed by atoms with Crippen LogP contribution in [-0.4, -0.2) is 13.2 Å². The van der Waals surface area contributed by atoms with E-state index in [0.717, 1.165) is 10.2 Å². The molecule has 0 unspecified atom stereocenters. The molecule has 0 spiro atoms. The smallest absolute Gasteiger partial charge is 0.144 e. The van der Waals surface area contributed by atoms with Crippen molar-refractivity contribution in [3.05, 3.63) is 58.3 Å². The Morgan fingerprint density at radius 1 is 1.00 bits per heavy atom. The Bertz CT molecular complexity index is 623. The van der Waals surface area contributed by atoms with Gasteiger partial charge in [-0.3, -0.25) is 0 Å². The van der Waals surface area contributed by atoms with Gasteiger partial charge in [0.05, 0.1) is 5.56 Å². The summed E-state index contributed by atoms with van der Waals surface area (Å²) >= 11 is 3.34. The minimum Gasteiger partial charge on any atom is -0.490 e. The normalized spacial score (nSPS) is 9.85. The van der Waals surface area contributed by atoms with Gasteiger partial charge in [-0.05, 0) is 36.4 Å². The van der Waals surface area contributed by atoms with Crippen LogP contribution in [0.3, 0.4) is 0 Å². The van der Waals surface area contributed by atoms with E-state index in [-0.39, 0.29) is 5.56 Å². The molecule has 2 aromatic rings. The Hall–Kier alpha value is -2.06. The number of nitriles is 1. The predicted octanol–water partition coefficient (Wildman–Crippen LogP) is 3.92.